The van der Waals surface area contributed by atoms with Gasteiger partial charge < -0.3 is 20.6 Å². The molecule has 1 fully saturated rings. The minimum atomic E-state index is 0.175. The second kappa shape index (κ2) is 7.56. The first-order valence-corrected chi connectivity index (χ1v) is 8.32. The number of hydrogen-bond donors (Lipinski definition) is 2. The lowest BCUT2D eigenvalue weighted by Gasteiger charge is -2.34. The molecular weight excluding hydrogens is 286 g/mol. The van der Waals surface area contributed by atoms with E-state index in [0.717, 1.165) is 48.7 Å². The molecule has 0 saturated carbocycles. The van der Waals surface area contributed by atoms with Gasteiger partial charge in [0.05, 0.1) is 5.56 Å². The highest BCUT2D eigenvalue weighted by atomic mass is 32.2. The van der Waals surface area contributed by atoms with Crippen LogP contribution >= 0.6 is 11.8 Å². The fourth-order valence-corrected chi connectivity index (χ4v) is 3.46. The van der Waals surface area contributed by atoms with Crippen LogP contribution in [-0.2, 0) is 4.74 Å². The summed E-state index contributed by atoms with van der Waals surface area (Å²) in [7, 11) is 1.75. The van der Waals surface area contributed by atoms with E-state index in [0.29, 0.717) is 5.92 Å². The van der Waals surface area contributed by atoms with E-state index in [1.165, 1.54) is 0 Å². The summed E-state index contributed by atoms with van der Waals surface area (Å²) in [6.07, 6.45) is 4.21. The predicted molar refractivity (Wildman–Crippen MR) is 87.5 cm³/mol. The first-order chi connectivity index (χ1) is 10.2. The molecule has 1 aromatic rings. The Morgan fingerprint density at radius 1 is 1.48 bits per heavy atom. The summed E-state index contributed by atoms with van der Waals surface area (Å²) in [5.74, 6) is 0.802. The number of nitrogens with two attached hydrogens (primary N) is 1. The number of nitrogens with zero attached hydrogens (tertiary/aromatic N) is 2. The third-order valence-electron chi connectivity index (χ3n) is 3.95. The fourth-order valence-electron chi connectivity index (χ4n) is 2.84. The van der Waals surface area contributed by atoms with Gasteiger partial charge in [-0.15, -0.1) is 11.8 Å². The number of piperidine rings is 1. The van der Waals surface area contributed by atoms with Crippen LogP contribution in [0, 0.1) is 5.92 Å². The van der Waals surface area contributed by atoms with Gasteiger partial charge in [-0.05, 0) is 37.1 Å². The van der Waals surface area contributed by atoms with Crippen molar-refractivity contribution in [2.75, 3.05) is 38.0 Å². The van der Waals surface area contributed by atoms with E-state index in [2.05, 4.69) is 10.1 Å². The van der Waals surface area contributed by atoms with Crippen LogP contribution in [0.1, 0.15) is 18.4 Å². The molecule has 116 valence electrons. The quantitative estimate of drug-likeness (QED) is 0.287. The molecule has 0 spiro atoms. The van der Waals surface area contributed by atoms with Gasteiger partial charge in [0, 0.05) is 37.4 Å². The Balaban J connectivity index is 2.24. The van der Waals surface area contributed by atoms with E-state index in [9.17, 15) is 0 Å². The van der Waals surface area contributed by atoms with Crippen LogP contribution in [-0.4, -0.2) is 44.1 Å². The van der Waals surface area contributed by atoms with Gasteiger partial charge in [-0.25, -0.2) is 0 Å². The molecule has 0 atom stereocenters. The highest BCUT2D eigenvalue weighted by Crippen LogP contribution is 2.32. The Hall–Kier alpha value is -1.40. The van der Waals surface area contributed by atoms with Crippen molar-refractivity contribution in [2.24, 2.45) is 16.8 Å². The third kappa shape index (κ3) is 3.63. The molecule has 6 heteroatoms. The normalized spacial score (nSPS) is 17.2. The fraction of sp³-hybridized carbons (Fsp3) is 0.533. The highest BCUT2D eigenvalue weighted by Gasteiger charge is 2.23. The Bertz CT molecular complexity index is 500. The molecule has 0 aliphatic carbocycles. The number of amidine groups is 1. The minimum Gasteiger partial charge on any atom is -0.409 e. The maximum Gasteiger partial charge on any atom is 0.173 e. The van der Waals surface area contributed by atoms with E-state index in [1.807, 2.05) is 24.5 Å². The Labute approximate surface area is 130 Å². The van der Waals surface area contributed by atoms with Crippen molar-refractivity contribution in [1.82, 2.24) is 0 Å². The molecule has 1 aliphatic rings. The second-order valence-corrected chi connectivity index (χ2v) is 6.07. The van der Waals surface area contributed by atoms with Crippen molar-refractivity contribution >= 4 is 23.3 Å². The number of anilines is 1. The molecule has 1 heterocycles. The van der Waals surface area contributed by atoms with Gasteiger partial charge in [0.1, 0.15) is 0 Å². The summed E-state index contributed by atoms with van der Waals surface area (Å²) in [6.45, 7) is 2.76. The molecule has 0 radical (unpaired) electrons. The summed E-state index contributed by atoms with van der Waals surface area (Å²) >= 11 is 1.61. The van der Waals surface area contributed by atoms with Gasteiger partial charge in [0.2, 0.25) is 0 Å². The van der Waals surface area contributed by atoms with Crippen LogP contribution in [0.25, 0.3) is 0 Å². The molecule has 5 nitrogen and oxygen atoms in total. The van der Waals surface area contributed by atoms with Crippen molar-refractivity contribution in [2.45, 2.75) is 17.7 Å². The lowest BCUT2D eigenvalue weighted by Crippen LogP contribution is -2.36. The van der Waals surface area contributed by atoms with E-state index >= 15 is 0 Å². The SMILES string of the molecule is COCC1CCN(c2cccc(SC)c2/C(N)=N/O)CC1. The van der Waals surface area contributed by atoms with Crippen molar-refractivity contribution in [3.05, 3.63) is 23.8 Å². The average molecular weight is 309 g/mol. The van der Waals surface area contributed by atoms with Crippen LogP contribution in [0.4, 0.5) is 5.69 Å². The van der Waals surface area contributed by atoms with Gasteiger partial charge in [0.25, 0.3) is 0 Å². The zero-order chi connectivity index (χ0) is 15.2. The van der Waals surface area contributed by atoms with Crippen molar-refractivity contribution in [3.63, 3.8) is 0 Å². The number of hydrogen-bond acceptors (Lipinski definition) is 5. The van der Waals surface area contributed by atoms with E-state index in [-0.39, 0.29) is 5.84 Å². The lowest BCUT2D eigenvalue weighted by molar-refractivity contribution is 0.139. The van der Waals surface area contributed by atoms with Crippen LogP contribution in [0.15, 0.2) is 28.3 Å². The molecular formula is C15H23N3O2S. The maximum atomic E-state index is 9.06. The number of thioether (sulfide) groups is 1. The first kappa shape index (κ1) is 16.0. The van der Waals surface area contributed by atoms with Crippen LogP contribution in [0.3, 0.4) is 0 Å². The monoisotopic (exact) mass is 309 g/mol. The number of rotatable bonds is 5. The Morgan fingerprint density at radius 2 is 2.19 bits per heavy atom. The molecule has 3 N–H and O–H groups in total. The van der Waals surface area contributed by atoms with E-state index < -0.39 is 0 Å². The largest absolute Gasteiger partial charge is 0.409 e. The first-order valence-electron chi connectivity index (χ1n) is 7.10. The Kier molecular flexibility index (Phi) is 5.76. The molecule has 21 heavy (non-hydrogen) atoms. The van der Waals surface area contributed by atoms with E-state index in [4.69, 9.17) is 15.7 Å². The topological polar surface area (TPSA) is 71.1 Å². The standard InChI is InChI=1S/C15H23N3O2S/c1-20-10-11-6-8-18(9-7-11)12-4-3-5-13(21-2)14(12)15(16)17-19/h3-5,11,19H,6-10H2,1-2H3,(H2,16,17). The van der Waals surface area contributed by atoms with Crippen LogP contribution in [0.2, 0.25) is 0 Å². The van der Waals surface area contributed by atoms with Crippen molar-refractivity contribution in [1.29, 1.82) is 0 Å². The average Bonchev–Trinajstić information content (AvgIpc) is 2.54. The summed E-state index contributed by atoms with van der Waals surface area (Å²) in [6, 6.07) is 6.07. The summed E-state index contributed by atoms with van der Waals surface area (Å²) in [5.41, 5.74) is 7.77. The smallest absolute Gasteiger partial charge is 0.173 e. The molecule has 2 rings (SSSR count). The molecule has 1 aliphatic heterocycles. The molecule has 0 unspecified atom stereocenters. The molecule has 0 aromatic heterocycles. The second-order valence-electron chi connectivity index (χ2n) is 5.23. The number of methoxy groups -OCH3 is 1. The summed E-state index contributed by atoms with van der Waals surface area (Å²) in [5, 5.41) is 12.3. The third-order valence-corrected chi connectivity index (χ3v) is 4.73. The summed E-state index contributed by atoms with van der Waals surface area (Å²) in [4.78, 5) is 3.35. The highest BCUT2D eigenvalue weighted by molar-refractivity contribution is 7.98. The molecule has 0 bridgehead atoms. The Morgan fingerprint density at radius 3 is 2.76 bits per heavy atom. The van der Waals surface area contributed by atoms with Gasteiger partial charge >= 0.3 is 0 Å². The van der Waals surface area contributed by atoms with Gasteiger partial charge in [-0.1, -0.05) is 11.2 Å². The molecule has 1 aromatic carbocycles. The van der Waals surface area contributed by atoms with Gasteiger partial charge in [-0.3, -0.25) is 0 Å². The van der Waals surface area contributed by atoms with Crippen molar-refractivity contribution < 1.29 is 9.94 Å². The molecule has 0 amide bonds. The zero-order valence-electron chi connectivity index (χ0n) is 12.6. The number of ether oxygens (including phenoxy) is 1. The van der Waals surface area contributed by atoms with Crippen LogP contribution < -0.4 is 10.6 Å². The zero-order valence-corrected chi connectivity index (χ0v) is 13.4. The van der Waals surface area contributed by atoms with Gasteiger partial charge in [-0.2, -0.15) is 0 Å². The van der Waals surface area contributed by atoms with Gasteiger partial charge in [0.15, 0.2) is 5.84 Å². The summed E-state index contributed by atoms with van der Waals surface area (Å²) < 4.78 is 5.24. The number of oxime groups is 1. The maximum absolute atomic E-state index is 9.06. The van der Waals surface area contributed by atoms with E-state index in [1.54, 1.807) is 18.9 Å². The lowest BCUT2D eigenvalue weighted by atomic mass is 9.96. The predicted octanol–water partition coefficient (Wildman–Crippen LogP) is 2.37. The number of benzene rings is 1. The molecule has 1 saturated heterocycles. The van der Waals surface area contributed by atoms with Crippen molar-refractivity contribution in [3.8, 4) is 0 Å². The minimum absolute atomic E-state index is 0.175. The van der Waals surface area contributed by atoms with Crippen LogP contribution in [0.5, 0.6) is 0 Å².